The minimum Gasteiger partial charge on any atom is -0.370 e. The van der Waals surface area contributed by atoms with Gasteiger partial charge in [0, 0.05) is 11.9 Å². The molecule has 1 aromatic carbocycles. The third kappa shape index (κ3) is 2.09. The molecule has 0 aliphatic rings. The summed E-state index contributed by atoms with van der Waals surface area (Å²) in [6.45, 7) is 5.26. The van der Waals surface area contributed by atoms with E-state index in [2.05, 4.69) is 48.4 Å². The van der Waals surface area contributed by atoms with Crippen LogP contribution in [-0.2, 0) is 0 Å². The lowest BCUT2D eigenvalue weighted by molar-refractivity contribution is 0.971. The first kappa shape index (κ1) is 9.97. The number of nitrogens with one attached hydrogen (secondary N) is 1. The van der Waals surface area contributed by atoms with Crippen LogP contribution in [0.3, 0.4) is 0 Å². The maximum absolute atomic E-state index is 4.56. The standard InChI is InChI=1S/C13H16N2/c1-3-8-14-13-9-10(2)11-6-4-5-7-12(11)15-13/h4-7,9H,3,8H2,1-2H3,(H,14,15). The SMILES string of the molecule is CCCNc1cc(C)c2ccccc2n1. The molecule has 0 aliphatic carbocycles. The maximum atomic E-state index is 4.56. The van der Waals surface area contributed by atoms with Crippen LogP contribution >= 0.6 is 0 Å². The molecular weight excluding hydrogens is 184 g/mol. The molecule has 2 aromatic rings. The van der Waals surface area contributed by atoms with Crippen LogP contribution in [-0.4, -0.2) is 11.5 Å². The zero-order valence-corrected chi connectivity index (χ0v) is 9.25. The van der Waals surface area contributed by atoms with E-state index in [1.807, 2.05) is 6.07 Å². The maximum Gasteiger partial charge on any atom is 0.126 e. The Morgan fingerprint density at radius 3 is 2.87 bits per heavy atom. The first-order valence-corrected chi connectivity index (χ1v) is 5.41. The summed E-state index contributed by atoms with van der Waals surface area (Å²) in [5, 5.41) is 4.55. The van der Waals surface area contributed by atoms with Gasteiger partial charge >= 0.3 is 0 Å². The third-order valence-corrected chi connectivity index (χ3v) is 2.48. The van der Waals surface area contributed by atoms with Gasteiger partial charge in [0.05, 0.1) is 5.52 Å². The quantitative estimate of drug-likeness (QED) is 0.821. The lowest BCUT2D eigenvalue weighted by Crippen LogP contribution is -2.02. The lowest BCUT2D eigenvalue weighted by Gasteiger charge is -2.07. The zero-order chi connectivity index (χ0) is 10.7. The molecule has 0 fully saturated rings. The van der Waals surface area contributed by atoms with Crippen molar-refractivity contribution in [1.82, 2.24) is 4.98 Å². The van der Waals surface area contributed by atoms with E-state index in [-0.39, 0.29) is 0 Å². The second-order valence-corrected chi connectivity index (χ2v) is 3.77. The van der Waals surface area contributed by atoms with E-state index >= 15 is 0 Å². The molecule has 2 heteroatoms. The summed E-state index contributed by atoms with van der Waals surface area (Å²) in [4.78, 5) is 4.56. The van der Waals surface area contributed by atoms with Crippen LogP contribution in [0.2, 0.25) is 0 Å². The molecule has 0 aliphatic heterocycles. The van der Waals surface area contributed by atoms with Crippen LogP contribution in [0.25, 0.3) is 10.9 Å². The number of nitrogens with zero attached hydrogens (tertiary/aromatic N) is 1. The largest absolute Gasteiger partial charge is 0.370 e. The third-order valence-electron chi connectivity index (χ3n) is 2.48. The van der Waals surface area contributed by atoms with Crippen molar-refractivity contribution < 1.29 is 0 Å². The van der Waals surface area contributed by atoms with Gasteiger partial charge in [-0.25, -0.2) is 4.98 Å². The van der Waals surface area contributed by atoms with Gasteiger partial charge in [0.1, 0.15) is 5.82 Å². The van der Waals surface area contributed by atoms with Gasteiger partial charge in [-0.2, -0.15) is 0 Å². The zero-order valence-electron chi connectivity index (χ0n) is 9.25. The summed E-state index contributed by atoms with van der Waals surface area (Å²) < 4.78 is 0. The van der Waals surface area contributed by atoms with Gasteiger partial charge in [-0.3, -0.25) is 0 Å². The molecule has 0 spiro atoms. The van der Waals surface area contributed by atoms with Crippen LogP contribution in [0, 0.1) is 6.92 Å². The van der Waals surface area contributed by atoms with Crippen molar-refractivity contribution in [3.8, 4) is 0 Å². The van der Waals surface area contributed by atoms with Crippen molar-refractivity contribution in [3.63, 3.8) is 0 Å². The van der Waals surface area contributed by atoms with Gasteiger partial charge in [0.2, 0.25) is 0 Å². The number of rotatable bonds is 3. The average molecular weight is 200 g/mol. The van der Waals surface area contributed by atoms with E-state index in [0.29, 0.717) is 0 Å². The number of para-hydroxylation sites is 1. The van der Waals surface area contributed by atoms with Gasteiger partial charge in [0.15, 0.2) is 0 Å². The van der Waals surface area contributed by atoms with Crippen LogP contribution in [0.1, 0.15) is 18.9 Å². The minimum absolute atomic E-state index is 0.977. The summed E-state index contributed by atoms with van der Waals surface area (Å²) in [6, 6.07) is 10.4. The van der Waals surface area contributed by atoms with Crippen molar-refractivity contribution in [3.05, 3.63) is 35.9 Å². The molecule has 0 radical (unpaired) electrons. The van der Waals surface area contributed by atoms with Gasteiger partial charge < -0.3 is 5.32 Å². The molecule has 15 heavy (non-hydrogen) atoms. The van der Waals surface area contributed by atoms with Crippen molar-refractivity contribution in [2.45, 2.75) is 20.3 Å². The Hall–Kier alpha value is -1.57. The summed E-state index contributed by atoms with van der Waals surface area (Å²) in [5.41, 5.74) is 2.34. The number of anilines is 1. The number of aryl methyl sites for hydroxylation is 1. The molecule has 0 bridgehead atoms. The topological polar surface area (TPSA) is 24.9 Å². The van der Waals surface area contributed by atoms with Gasteiger partial charge in [-0.05, 0) is 31.0 Å². The highest BCUT2D eigenvalue weighted by molar-refractivity contribution is 5.83. The van der Waals surface area contributed by atoms with Crippen molar-refractivity contribution >= 4 is 16.7 Å². The van der Waals surface area contributed by atoms with E-state index in [9.17, 15) is 0 Å². The van der Waals surface area contributed by atoms with E-state index in [4.69, 9.17) is 0 Å². The normalized spacial score (nSPS) is 10.5. The molecule has 1 aromatic heterocycles. The predicted molar refractivity (Wildman–Crippen MR) is 65.3 cm³/mol. The molecule has 78 valence electrons. The molecule has 0 saturated carbocycles. The summed E-state index contributed by atoms with van der Waals surface area (Å²) in [5.74, 6) is 0.980. The van der Waals surface area contributed by atoms with E-state index < -0.39 is 0 Å². The van der Waals surface area contributed by atoms with E-state index in [1.54, 1.807) is 0 Å². The Bertz CT molecular complexity index is 463. The number of benzene rings is 1. The molecule has 1 N–H and O–H groups in total. The van der Waals surface area contributed by atoms with Crippen molar-refractivity contribution in [2.24, 2.45) is 0 Å². The predicted octanol–water partition coefficient (Wildman–Crippen LogP) is 3.37. The van der Waals surface area contributed by atoms with Gasteiger partial charge in [0.25, 0.3) is 0 Å². The van der Waals surface area contributed by atoms with Crippen LogP contribution < -0.4 is 5.32 Å². The van der Waals surface area contributed by atoms with Crippen molar-refractivity contribution in [2.75, 3.05) is 11.9 Å². The molecule has 0 unspecified atom stereocenters. The van der Waals surface area contributed by atoms with Crippen LogP contribution in [0.4, 0.5) is 5.82 Å². The molecule has 2 rings (SSSR count). The van der Waals surface area contributed by atoms with Crippen LogP contribution in [0.5, 0.6) is 0 Å². The summed E-state index contributed by atoms with van der Waals surface area (Å²) in [6.07, 6.45) is 1.12. The highest BCUT2D eigenvalue weighted by Gasteiger charge is 2.00. The smallest absolute Gasteiger partial charge is 0.126 e. The molecule has 1 heterocycles. The first-order valence-electron chi connectivity index (χ1n) is 5.41. The summed E-state index contributed by atoms with van der Waals surface area (Å²) >= 11 is 0. The number of aromatic nitrogens is 1. The monoisotopic (exact) mass is 200 g/mol. The second-order valence-electron chi connectivity index (χ2n) is 3.77. The van der Waals surface area contributed by atoms with E-state index in [1.165, 1.54) is 10.9 Å². The Morgan fingerprint density at radius 1 is 1.27 bits per heavy atom. The average Bonchev–Trinajstić information content (AvgIpc) is 2.26. The van der Waals surface area contributed by atoms with Gasteiger partial charge in [-0.15, -0.1) is 0 Å². The number of pyridine rings is 1. The fourth-order valence-electron chi connectivity index (χ4n) is 1.69. The molecular formula is C13H16N2. The van der Waals surface area contributed by atoms with Crippen molar-refractivity contribution in [1.29, 1.82) is 0 Å². The molecule has 2 nitrogen and oxygen atoms in total. The second kappa shape index (κ2) is 4.30. The molecule has 0 atom stereocenters. The fraction of sp³-hybridized carbons (Fsp3) is 0.308. The number of fused-ring (bicyclic) bond motifs is 1. The highest BCUT2D eigenvalue weighted by Crippen LogP contribution is 2.19. The Kier molecular flexibility index (Phi) is 2.86. The Balaban J connectivity index is 2.43. The highest BCUT2D eigenvalue weighted by atomic mass is 15.0. The minimum atomic E-state index is 0.977. The lowest BCUT2D eigenvalue weighted by atomic mass is 10.1. The van der Waals surface area contributed by atoms with Crippen LogP contribution in [0.15, 0.2) is 30.3 Å². The van der Waals surface area contributed by atoms with E-state index in [0.717, 1.165) is 24.3 Å². The first-order chi connectivity index (χ1) is 7.31. The van der Waals surface area contributed by atoms with Gasteiger partial charge in [-0.1, -0.05) is 25.1 Å². The number of hydrogen-bond donors (Lipinski definition) is 1. The molecule has 0 saturated heterocycles. The summed E-state index contributed by atoms with van der Waals surface area (Å²) in [7, 11) is 0. The Morgan fingerprint density at radius 2 is 2.07 bits per heavy atom. The number of hydrogen-bond acceptors (Lipinski definition) is 2. The Labute approximate surface area is 90.3 Å². The fourth-order valence-corrected chi connectivity index (χ4v) is 1.69. The molecule has 0 amide bonds.